The first-order valence-electron chi connectivity index (χ1n) is 9.84. The number of nitrogen functional groups attached to an aromatic ring is 1. The molecule has 0 bridgehead atoms. The van der Waals surface area contributed by atoms with Gasteiger partial charge in [-0.3, -0.25) is 9.52 Å². The Hall–Kier alpha value is -3.11. The Morgan fingerprint density at radius 2 is 1.88 bits per heavy atom. The summed E-state index contributed by atoms with van der Waals surface area (Å²) < 4.78 is 39.3. The molecule has 3 rings (SSSR count). The molecular weight excluding hydrogens is 450 g/mol. The van der Waals surface area contributed by atoms with Crippen molar-refractivity contribution in [2.24, 2.45) is 5.92 Å². The van der Waals surface area contributed by atoms with Gasteiger partial charge in [-0.25, -0.2) is 13.4 Å². The van der Waals surface area contributed by atoms with Crippen LogP contribution in [0.25, 0.3) is 10.4 Å². The van der Waals surface area contributed by atoms with Gasteiger partial charge in [-0.15, -0.1) is 0 Å². The van der Waals surface area contributed by atoms with Crippen LogP contribution in [-0.4, -0.2) is 26.5 Å². The summed E-state index contributed by atoms with van der Waals surface area (Å²) in [6.07, 6.45) is 0.301. The molecule has 2 aromatic carbocycles. The van der Waals surface area contributed by atoms with Gasteiger partial charge >= 0.3 is 5.97 Å². The van der Waals surface area contributed by atoms with E-state index in [-0.39, 0.29) is 22.5 Å². The standard InChI is InChI=1S/C22H25N3O5S2/c1-13(2)11-20(26)30-17-8-6-16(7-9-17)25-32(27,28)19-12-15(5-10-18(19)29-4)21-14(3)24-22(23)31-21/h5-10,12-13,25H,11H2,1-4H3,(H2,23,24). The van der Waals surface area contributed by atoms with Crippen molar-refractivity contribution in [2.75, 3.05) is 17.6 Å². The summed E-state index contributed by atoms with van der Waals surface area (Å²) in [4.78, 5) is 16.8. The van der Waals surface area contributed by atoms with Gasteiger partial charge in [0.1, 0.15) is 16.4 Å². The number of aryl methyl sites for hydroxylation is 1. The Bertz CT molecular complexity index is 1220. The highest BCUT2D eigenvalue weighted by molar-refractivity contribution is 7.92. The number of carbonyl (C=O) groups is 1. The van der Waals surface area contributed by atoms with E-state index in [1.807, 2.05) is 20.8 Å². The minimum Gasteiger partial charge on any atom is -0.495 e. The van der Waals surface area contributed by atoms with Crippen molar-refractivity contribution >= 4 is 38.1 Å². The van der Waals surface area contributed by atoms with Crippen LogP contribution in [0.5, 0.6) is 11.5 Å². The van der Waals surface area contributed by atoms with E-state index in [1.165, 1.54) is 48.8 Å². The third kappa shape index (κ3) is 5.57. The van der Waals surface area contributed by atoms with E-state index in [4.69, 9.17) is 15.2 Å². The van der Waals surface area contributed by atoms with Crippen LogP contribution in [0.15, 0.2) is 47.4 Å². The zero-order valence-corrected chi connectivity index (χ0v) is 19.8. The maximum absolute atomic E-state index is 13.1. The third-order valence-electron chi connectivity index (χ3n) is 4.44. The van der Waals surface area contributed by atoms with E-state index in [9.17, 15) is 13.2 Å². The van der Waals surface area contributed by atoms with Crippen LogP contribution in [0.4, 0.5) is 10.8 Å². The lowest BCUT2D eigenvalue weighted by atomic mass is 10.1. The molecule has 3 N–H and O–H groups in total. The monoisotopic (exact) mass is 475 g/mol. The zero-order chi connectivity index (χ0) is 23.5. The summed E-state index contributed by atoms with van der Waals surface area (Å²) in [5.74, 6) is 0.394. The summed E-state index contributed by atoms with van der Waals surface area (Å²) in [7, 11) is -2.57. The second-order valence-electron chi connectivity index (χ2n) is 7.53. The van der Waals surface area contributed by atoms with E-state index in [0.29, 0.717) is 28.6 Å². The number of sulfonamides is 1. The van der Waals surface area contributed by atoms with Crippen LogP contribution >= 0.6 is 11.3 Å². The molecule has 0 spiro atoms. The van der Waals surface area contributed by atoms with Crippen LogP contribution in [-0.2, 0) is 14.8 Å². The fraction of sp³-hybridized carbons (Fsp3) is 0.273. The number of ether oxygens (including phenoxy) is 2. The molecule has 0 radical (unpaired) electrons. The number of methoxy groups -OCH3 is 1. The van der Waals surface area contributed by atoms with Gasteiger partial charge in [-0.2, -0.15) is 0 Å². The number of anilines is 2. The molecule has 1 heterocycles. The van der Waals surface area contributed by atoms with E-state index in [0.717, 1.165) is 10.6 Å². The number of hydrogen-bond donors (Lipinski definition) is 2. The minimum atomic E-state index is -3.97. The van der Waals surface area contributed by atoms with Gasteiger partial charge in [0.15, 0.2) is 5.13 Å². The number of thiazole rings is 1. The molecule has 32 heavy (non-hydrogen) atoms. The van der Waals surface area contributed by atoms with Crippen molar-refractivity contribution in [3.8, 4) is 21.9 Å². The van der Waals surface area contributed by atoms with Crippen molar-refractivity contribution in [3.63, 3.8) is 0 Å². The van der Waals surface area contributed by atoms with Gasteiger partial charge in [-0.1, -0.05) is 25.2 Å². The number of nitrogens with one attached hydrogen (secondary N) is 1. The normalized spacial score (nSPS) is 11.4. The molecule has 0 aliphatic heterocycles. The van der Waals surface area contributed by atoms with Gasteiger partial charge in [0.25, 0.3) is 10.0 Å². The lowest BCUT2D eigenvalue weighted by Gasteiger charge is -2.13. The van der Waals surface area contributed by atoms with Crippen LogP contribution in [0.3, 0.4) is 0 Å². The van der Waals surface area contributed by atoms with Crippen LogP contribution in [0, 0.1) is 12.8 Å². The number of aromatic nitrogens is 1. The fourth-order valence-corrected chi connectivity index (χ4v) is 5.11. The van der Waals surface area contributed by atoms with Crippen molar-refractivity contribution in [1.29, 1.82) is 0 Å². The molecule has 0 fully saturated rings. The van der Waals surface area contributed by atoms with Gasteiger partial charge in [0.2, 0.25) is 0 Å². The fourth-order valence-electron chi connectivity index (χ4n) is 3.02. The number of rotatable bonds is 8. The summed E-state index contributed by atoms with van der Waals surface area (Å²) in [5.41, 5.74) is 7.49. The number of carbonyl (C=O) groups excluding carboxylic acids is 1. The number of benzene rings is 2. The molecule has 0 unspecified atom stereocenters. The highest BCUT2D eigenvalue weighted by Crippen LogP contribution is 2.36. The Kier molecular flexibility index (Phi) is 7.05. The molecule has 0 saturated heterocycles. The molecule has 10 heteroatoms. The molecule has 0 aliphatic rings. The topological polar surface area (TPSA) is 121 Å². The molecule has 0 amide bonds. The van der Waals surface area contributed by atoms with Crippen molar-refractivity contribution < 1.29 is 22.7 Å². The predicted octanol–water partition coefficient (Wildman–Crippen LogP) is 4.46. The lowest BCUT2D eigenvalue weighted by molar-refractivity contribution is -0.135. The molecule has 0 saturated carbocycles. The van der Waals surface area contributed by atoms with Crippen molar-refractivity contribution in [2.45, 2.75) is 32.1 Å². The Labute approximate surface area is 191 Å². The highest BCUT2D eigenvalue weighted by atomic mass is 32.2. The largest absolute Gasteiger partial charge is 0.495 e. The molecule has 170 valence electrons. The summed E-state index contributed by atoms with van der Waals surface area (Å²) in [6, 6.07) is 11.0. The molecule has 8 nitrogen and oxygen atoms in total. The SMILES string of the molecule is COc1ccc(-c2sc(N)nc2C)cc1S(=O)(=O)Nc1ccc(OC(=O)CC(C)C)cc1. The first kappa shape index (κ1) is 23.6. The Morgan fingerprint density at radius 3 is 2.44 bits per heavy atom. The minimum absolute atomic E-state index is 0.0173. The van der Waals surface area contributed by atoms with Gasteiger partial charge in [0.05, 0.1) is 17.7 Å². The predicted molar refractivity (Wildman–Crippen MR) is 126 cm³/mol. The number of nitrogens with zero attached hydrogens (tertiary/aromatic N) is 1. The van der Waals surface area contributed by atoms with Crippen molar-refractivity contribution in [1.82, 2.24) is 4.98 Å². The first-order chi connectivity index (χ1) is 15.1. The Morgan fingerprint density at radius 1 is 1.19 bits per heavy atom. The van der Waals surface area contributed by atoms with E-state index < -0.39 is 10.0 Å². The van der Waals surface area contributed by atoms with E-state index >= 15 is 0 Å². The van der Waals surface area contributed by atoms with Gasteiger partial charge < -0.3 is 15.2 Å². The second-order valence-corrected chi connectivity index (χ2v) is 10.2. The molecule has 3 aromatic rings. The maximum atomic E-state index is 13.1. The van der Waals surface area contributed by atoms with Crippen molar-refractivity contribution in [3.05, 3.63) is 48.2 Å². The Balaban J connectivity index is 1.85. The second kappa shape index (κ2) is 9.58. The molecule has 1 aromatic heterocycles. The molecule has 0 atom stereocenters. The molecule has 0 aliphatic carbocycles. The zero-order valence-electron chi connectivity index (χ0n) is 18.2. The average molecular weight is 476 g/mol. The third-order valence-corrected chi connectivity index (χ3v) is 6.88. The smallest absolute Gasteiger partial charge is 0.311 e. The summed E-state index contributed by atoms with van der Waals surface area (Å²) >= 11 is 1.28. The van der Waals surface area contributed by atoms with Crippen LogP contribution in [0.2, 0.25) is 0 Å². The van der Waals surface area contributed by atoms with E-state index in [2.05, 4.69) is 9.71 Å². The number of nitrogens with two attached hydrogens (primary N) is 1. The summed E-state index contributed by atoms with van der Waals surface area (Å²) in [6.45, 7) is 5.66. The summed E-state index contributed by atoms with van der Waals surface area (Å²) in [5, 5.41) is 0.407. The average Bonchev–Trinajstić information content (AvgIpc) is 3.06. The number of esters is 1. The van der Waals surface area contributed by atoms with E-state index in [1.54, 1.807) is 12.1 Å². The van der Waals surface area contributed by atoms with Gasteiger partial charge in [0, 0.05) is 12.1 Å². The quantitative estimate of drug-likeness (QED) is 0.364. The number of hydrogen-bond acceptors (Lipinski definition) is 8. The first-order valence-corrected chi connectivity index (χ1v) is 12.1. The molecular formula is C22H25N3O5S2. The highest BCUT2D eigenvalue weighted by Gasteiger charge is 2.22. The van der Waals surface area contributed by atoms with Crippen LogP contribution in [0.1, 0.15) is 26.0 Å². The maximum Gasteiger partial charge on any atom is 0.311 e. The van der Waals surface area contributed by atoms with Crippen LogP contribution < -0.4 is 19.9 Å². The lowest BCUT2D eigenvalue weighted by Crippen LogP contribution is -2.14. The van der Waals surface area contributed by atoms with Gasteiger partial charge in [-0.05, 0) is 60.9 Å².